The van der Waals surface area contributed by atoms with Crippen LogP contribution in [0.4, 0.5) is 0 Å². The zero-order chi connectivity index (χ0) is 14.3. The molecular weight excluding hydrogens is 244 g/mol. The Hall–Kier alpha value is -1.43. The molecule has 1 amide bonds. The van der Waals surface area contributed by atoms with Crippen LogP contribution in [-0.4, -0.2) is 28.6 Å². The molecular formula is C13H24N4O2. The Morgan fingerprint density at radius 2 is 2.16 bits per heavy atom. The van der Waals surface area contributed by atoms with Gasteiger partial charge in [-0.3, -0.25) is 4.79 Å². The normalized spacial score (nSPS) is 14.1. The van der Waals surface area contributed by atoms with Gasteiger partial charge in [-0.05, 0) is 19.8 Å². The summed E-state index contributed by atoms with van der Waals surface area (Å²) >= 11 is 0. The lowest BCUT2D eigenvalue weighted by molar-refractivity contribution is -0.124. The van der Waals surface area contributed by atoms with Gasteiger partial charge in [-0.1, -0.05) is 18.5 Å². The molecule has 2 atom stereocenters. The quantitative estimate of drug-likeness (QED) is 0.738. The molecule has 0 aliphatic rings. The molecule has 1 aromatic heterocycles. The van der Waals surface area contributed by atoms with Crippen LogP contribution in [0, 0.1) is 12.8 Å². The van der Waals surface area contributed by atoms with Crippen LogP contribution in [0.3, 0.4) is 0 Å². The molecule has 1 rings (SSSR count). The van der Waals surface area contributed by atoms with E-state index in [9.17, 15) is 4.79 Å². The molecule has 3 N–H and O–H groups in total. The summed E-state index contributed by atoms with van der Waals surface area (Å²) in [6.45, 7) is 6.21. The Labute approximate surface area is 114 Å². The Morgan fingerprint density at radius 1 is 1.42 bits per heavy atom. The first-order valence-electron chi connectivity index (χ1n) is 6.81. The second-order valence-electron chi connectivity index (χ2n) is 5.08. The molecule has 0 bridgehead atoms. The maximum absolute atomic E-state index is 11.8. The highest BCUT2D eigenvalue weighted by atomic mass is 16.5. The van der Waals surface area contributed by atoms with Crippen molar-refractivity contribution in [2.45, 2.75) is 52.5 Å². The van der Waals surface area contributed by atoms with Gasteiger partial charge in [-0.2, -0.15) is 4.98 Å². The third-order valence-corrected chi connectivity index (χ3v) is 2.96. The summed E-state index contributed by atoms with van der Waals surface area (Å²) in [6.07, 6.45) is 3.40. The van der Waals surface area contributed by atoms with E-state index in [2.05, 4.69) is 15.5 Å². The minimum Gasteiger partial charge on any atom is -0.355 e. The maximum Gasteiger partial charge on any atom is 0.223 e. The molecule has 0 aliphatic carbocycles. The molecule has 0 saturated heterocycles. The SMILES string of the molecule is Cc1nc(CCNC(=O)C(C)CCCC(C)N)no1. The van der Waals surface area contributed by atoms with Crippen LogP contribution in [0.25, 0.3) is 0 Å². The van der Waals surface area contributed by atoms with Crippen LogP contribution >= 0.6 is 0 Å². The van der Waals surface area contributed by atoms with Gasteiger partial charge in [0.2, 0.25) is 11.8 Å². The predicted molar refractivity (Wildman–Crippen MR) is 72.4 cm³/mol. The van der Waals surface area contributed by atoms with Gasteiger partial charge in [0.05, 0.1) is 0 Å². The first kappa shape index (κ1) is 15.6. The number of nitrogens with zero attached hydrogens (tertiary/aromatic N) is 2. The third kappa shape index (κ3) is 6.33. The van der Waals surface area contributed by atoms with Crippen LogP contribution in [0.1, 0.15) is 44.8 Å². The zero-order valence-electron chi connectivity index (χ0n) is 12.0. The van der Waals surface area contributed by atoms with Crippen molar-refractivity contribution >= 4 is 5.91 Å². The van der Waals surface area contributed by atoms with Crippen molar-refractivity contribution in [2.75, 3.05) is 6.54 Å². The molecule has 6 nitrogen and oxygen atoms in total. The predicted octanol–water partition coefficient (Wildman–Crippen LogP) is 1.19. The van der Waals surface area contributed by atoms with E-state index < -0.39 is 0 Å². The number of carbonyl (C=O) groups excluding carboxylic acids is 1. The fourth-order valence-electron chi connectivity index (χ4n) is 1.79. The van der Waals surface area contributed by atoms with E-state index in [4.69, 9.17) is 10.3 Å². The average molecular weight is 268 g/mol. The molecule has 108 valence electrons. The zero-order valence-corrected chi connectivity index (χ0v) is 12.0. The van der Waals surface area contributed by atoms with E-state index in [1.165, 1.54) is 0 Å². The van der Waals surface area contributed by atoms with Gasteiger partial charge in [-0.25, -0.2) is 0 Å². The van der Waals surface area contributed by atoms with Crippen molar-refractivity contribution in [3.8, 4) is 0 Å². The largest absolute Gasteiger partial charge is 0.355 e. The van der Waals surface area contributed by atoms with E-state index in [1.54, 1.807) is 6.92 Å². The van der Waals surface area contributed by atoms with Crippen molar-refractivity contribution in [1.29, 1.82) is 0 Å². The van der Waals surface area contributed by atoms with Gasteiger partial charge in [0.1, 0.15) is 0 Å². The molecule has 0 aliphatic heterocycles. The fraction of sp³-hybridized carbons (Fsp3) is 0.769. The smallest absolute Gasteiger partial charge is 0.223 e. The minimum atomic E-state index is 0.0192. The Kier molecular flexibility index (Phi) is 6.49. The van der Waals surface area contributed by atoms with E-state index in [0.29, 0.717) is 24.7 Å². The third-order valence-electron chi connectivity index (χ3n) is 2.96. The molecule has 6 heteroatoms. The van der Waals surface area contributed by atoms with Crippen molar-refractivity contribution < 1.29 is 9.32 Å². The van der Waals surface area contributed by atoms with Gasteiger partial charge < -0.3 is 15.6 Å². The number of aryl methyl sites for hydroxylation is 1. The molecule has 0 fully saturated rings. The molecule has 2 unspecified atom stereocenters. The van der Waals surface area contributed by atoms with Crippen molar-refractivity contribution in [3.63, 3.8) is 0 Å². The molecule has 0 spiro atoms. The van der Waals surface area contributed by atoms with E-state index in [-0.39, 0.29) is 17.9 Å². The Bertz CT molecular complexity index is 390. The summed E-state index contributed by atoms with van der Waals surface area (Å²) in [5, 5.41) is 6.66. The number of hydrogen-bond donors (Lipinski definition) is 2. The molecule has 0 radical (unpaired) electrons. The lowest BCUT2D eigenvalue weighted by Crippen LogP contribution is -2.31. The van der Waals surface area contributed by atoms with Gasteiger partial charge >= 0.3 is 0 Å². The summed E-state index contributed by atoms with van der Waals surface area (Å²) < 4.78 is 4.86. The van der Waals surface area contributed by atoms with Crippen molar-refractivity contribution in [3.05, 3.63) is 11.7 Å². The first-order valence-corrected chi connectivity index (χ1v) is 6.81. The van der Waals surface area contributed by atoms with Crippen LogP contribution in [0.5, 0.6) is 0 Å². The molecule has 19 heavy (non-hydrogen) atoms. The Balaban J connectivity index is 2.16. The number of aromatic nitrogens is 2. The van der Waals surface area contributed by atoms with E-state index in [0.717, 1.165) is 19.3 Å². The fourth-order valence-corrected chi connectivity index (χ4v) is 1.79. The standard InChI is InChI=1S/C13H24N4O2/c1-9(5-4-6-10(2)14)13(18)15-8-7-12-16-11(3)19-17-12/h9-10H,4-8,14H2,1-3H3,(H,15,18). The lowest BCUT2D eigenvalue weighted by Gasteiger charge is -2.12. The van der Waals surface area contributed by atoms with E-state index in [1.807, 2.05) is 13.8 Å². The number of nitrogens with one attached hydrogen (secondary N) is 1. The highest BCUT2D eigenvalue weighted by Crippen LogP contribution is 2.09. The second-order valence-corrected chi connectivity index (χ2v) is 5.08. The number of amides is 1. The highest BCUT2D eigenvalue weighted by Gasteiger charge is 2.12. The summed E-state index contributed by atoms with van der Waals surface area (Å²) in [5.41, 5.74) is 5.68. The van der Waals surface area contributed by atoms with Gasteiger partial charge in [0.25, 0.3) is 0 Å². The van der Waals surface area contributed by atoms with Crippen molar-refractivity contribution in [2.24, 2.45) is 11.7 Å². The topological polar surface area (TPSA) is 94.0 Å². The van der Waals surface area contributed by atoms with Gasteiger partial charge in [0.15, 0.2) is 5.82 Å². The Morgan fingerprint density at radius 3 is 2.74 bits per heavy atom. The van der Waals surface area contributed by atoms with Crippen LogP contribution in [-0.2, 0) is 11.2 Å². The lowest BCUT2D eigenvalue weighted by atomic mass is 10.0. The van der Waals surface area contributed by atoms with Gasteiger partial charge in [-0.15, -0.1) is 0 Å². The summed E-state index contributed by atoms with van der Waals surface area (Å²) in [4.78, 5) is 15.9. The number of hydrogen-bond acceptors (Lipinski definition) is 5. The maximum atomic E-state index is 11.8. The number of nitrogens with two attached hydrogens (primary N) is 1. The van der Waals surface area contributed by atoms with Crippen LogP contribution < -0.4 is 11.1 Å². The second kappa shape index (κ2) is 7.89. The van der Waals surface area contributed by atoms with Crippen molar-refractivity contribution in [1.82, 2.24) is 15.5 Å². The van der Waals surface area contributed by atoms with E-state index >= 15 is 0 Å². The number of carbonyl (C=O) groups is 1. The summed E-state index contributed by atoms with van der Waals surface area (Å²) in [6, 6.07) is 0.205. The summed E-state index contributed by atoms with van der Waals surface area (Å²) in [5.74, 6) is 1.27. The molecule has 0 aromatic carbocycles. The number of rotatable bonds is 8. The molecule has 0 saturated carbocycles. The summed E-state index contributed by atoms with van der Waals surface area (Å²) in [7, 11) is 0. The first-order chi connectivity index (χ1) is 8.99. The molecule has 1 aromatic rings. The highest BCUT2D eigenvalue weighted by molar-refractivity contribution is 5.78. The average Bonchev–Trinajstić information content (AvgIpc) is 2.74. The molecule has 1 heterocycles. The van der Waals surface area contributed by atoms with Crippen LogP contribution in [0.15, 0.2) is 4.52 Å². The minimum absolute atomic E-state index is 0.0192. The monoisotopic (exact) mass is 268 g/mol. The van der Waals surface area contributed by atoms with Crippen LogP contribution in [0.2, 0.25) is 0 Å². The van der Waals surface area contributed by atoms with Gasteiger partial charge in [0, 0.05) is 31.8 Å².